The average molecular weight is 329 g/mol. The molecule has 0 saturated heterocycles. The maximum atomic E-state index is 5.11. The van der Waals surface area contributed by atoms with Gasteiger partial charge in [-0.25, -0.2) is 0 Å². The Morgan fingerprint density at radius 1 is 0.680 bits per heavy atom. The van der Waals surface area contributed by atoms with E-state index in [-0.39, 0.29) is 6.49 Å². The molecule has 25 heavy (non-hydrogen) atoms. The summed E-state index contributed by atoms with van der Waals surface area (Å²) >= 11 is 0. The third-order valence-electron chi connectivity index (χ3n) is 2.37. The predicted molar refractivity (Wildman–Crippen MR) is 125 cm³/mol. The van der Waals surface area contributed by atoms with Crippen LogP contribution in [0.15, 0.2) is 60.7 Å². The summed E-state index contributed by atoms with van der Waals surface area (Å²) in [5, 5.41) is 0. The molecule has 129 valence electrons. The molecule has 5 radical (unpaired) electrons. The monoisotopic (exact) mass is 329 g/mol. The van der Waals surface area contributed by atoms with E-state index in [0.717, 1.165) is 0 Å². The fourth-order valence-corrected chi connectivity index (χ4v) is 1.32. The van der Waals surface area contributed by atoms with Crippen molar-refractivity contribution in [1.82, 2.24) is 0 Å². The molecule has 0 bridgehead atoms. The van der Waals surface area contributed by atoms with Crippen molar-refractivity contribution in [2.45, 2.75) is 48.4 Å². The fraction of sp³-hybridized carbons (Fsp3) is 0.333. The third kappa shape index (κ3) is 20.4. The summed E-state index contributed by atoms with van der Waals surface area (Å²) in [6.07, 6.45) is 4.24. The van der Waals surface area contributed by atoms with Crippen molar-refractivity contribution in [1.29, 1.82) is 0 Å². The maximum absolute atomic E-state index is 5.11. The summed E-state index contributed by atoms with van der Waals surface area (Å²) in [6, 6.07) is 20.6. The molecule has 0 atom stereocenters. The first-order valence-corrected chi connectivity index (χ1v) is 9.31. The van der Waals surface area contributed by atoms with Crippen LogP contribution in [-0.2, 0) is 0 Å². The van der Waals surface area contributed by atoms with Crippen molar-refractivity contribution >= 4 is 41.2 Å². The standard InChI is InChI=1S/C14H12.3C2H6.CH3B4/c1-3-7-13(8-4-1)11-12-14-9-5-2-6-10-14;3*1-2;1-5(3)4-2/h1-12H;3*1-2H3;1H3. The van der Waals surface area contributed by atoms with Gasteiger partial charge in [0.2, 0.25) is 0 Å². The summed E-state index contributed by atoms with van der Waals surface area (Å²) in [5.41, 5.74) is 2.47. The van der Waals surface area contributed by atoms with Gasteiger partial charge < -0.3 is 0 Å². The molecule has 0 nitrogen and oxygen atoms in total. The zero-order chi connectivity index (χ0) is 19.9. The highest BCUT2D eigenvalue weighted by Crippen LogP contribution is 2.06. The zero-order valence-corrected chi connectivity index (χ0v) is 17.2. The van der Waals surface area contributed by atoms with Crippen LogP contribution in [0.3, 0.4) is 0 Å². The molecule has 0 saturated carbocycles. The van der Waals surface area contributed by atoms with Crippen LogP contribution in [0.4, 0.5) is 0 Å². The lowest BCUT2D eigenvalue weighted by Crippen LogP contribution is -2.17. The van der Waals surface area contributed by atoms with Crippen LogP contribution in [0.1, 0.15) is 52.7 Å². The van der Waals surface area contributed by atoms with Crippen molar-refractivity contribution in [2.75, 3.05) is 0 Å². The van der Waals surface area contributed by atoms with E-state index >= 15 is 0 Å². The largest absolute Gasteiger partial charge is 0.101 e. The Morgan fingerprint density at radius 3 is 1.12 bits per heavy atom. The van der Waals surface area contributed by atoms with Crippen LogP contribution in [0.25, 0.3) is 12.2 Å². The molecule has 0 amide bonds. The van der Waals surface area contributed by atoms with Gasteiger partial charge in [-0.3, -0.25) is 0 Å². The minimum atomic E-state index is 0.0370. The molecule has 0 aliphatic rings. The molecular formula is C21H33B4. The van der Waals surface area contributed by atoms with Gasteiger partial charge in [0, 0.05) is 29.0 Å². The predicted octanol–water partition coefficient (Wildman–Crippen LogP) is 6.00. The smallest absolute Gasteiger partial charge is 0.0414 e. The van der Waals surface area contributed by atoms with Crippen LogP contribution in [0.5, 0.6) is 0 Å². The highest BCUT2D eigenvalue weighted by atomic mass is 13.9. The van der Waals surface area contributed by atoms with Gasteiger partial charge >= 0.3 is 0 Å². The summed E-state index contributed by atoms with van der Waals surface area (Å²) in [4.78, 5) is 0. The van der Waals surface area contributed by atoms with E-state index in [4.69, 9.17) is 15.5 Å². The molecule has 0 fully saturated rings. The van der Waals surface area contributed by atoms with E-state index in [9.17, 15) is 0 Å². The molecule has 0 aliphatic carbocycles. The van der Waals surface area contributed by atoms with Gasteiger partial charge in [0.1, 0.15) is 0 Å². The Bertz CT molecular complexity index is 426. The molecule has 4 heteroatoms. The first-order chi connectivity index (χ1) is 12.2. The molecular weight excluding hydrogens is 295 g/mol. The van der Waals surface area contributed by atoms with Crippen molar-refractivity contribution in [3.63, 3.8) is 0 Å². The molecule has 0 aromatic heterocycles. The maximum Gasteiger partial charge on any atom is 0.0414 e. The normalized spacial score (nSPS) is 7.96. The minimum Gasteiger partial charge on any atom is -0.101 e. The number of hydrogen-bond acceptors (Lipinski definition) is 0. The van der Waals surface area contributed by atoms with Gasteiger partial charge in [-0.1, -0.05) is 114 Å². The van der Waals surface area contributed by atoms with Crippen LogP contribution in [-0.4, -0.2) is 29.0 Å². The van der Waals surface area contributed by atoms with E-state index < -0.39 is 0 Å². The number of hydrogen-bond donors (Lipinski definition) is 0. The van der Waals surface area contributed by atoms with Gasteiger partial charge in [0.15, 0.2) is 0 Å². The molecule has 0 heterocycles. The summed E-state index contributed by atoms with van der Waals surface area (Å²) in [7, 11) is 11.5. The lowest BCUT2D eigenvalue weighted by molar-refractivity contribution is 1.50. The Hall–Kier alpha value is -1.56. The quantitative estimate of drug-likeness (QED) is 0.479. The second kappa shape index (κ2) is 24.7. The second-order valence-corrected chi connectivity index (χ2v) is 4.21. The van der Waals surface area contributed by atoms with Gasteiger partial charge in [-0.05, 0) is 11.1 Å². The van der Waals surface area contributed by atoms with Gasteiger partial charge in [-0.15, -0.1) is 6.82 Å². The summed E-state index contributed by atoms with van der Waals surface area (Å²) in [5.74, 6) is 0. The molecule has 2 rings (SSSR count). The van der Waals surface area contributed by atoms with Crippen molar-refractivity contribution in [3.05, 3.63) is 71.8 Å². The number of rotatable bonds is 3. The van der Waals surface area contributed by atoms with E-state index in [2.05, 4.69) is 36.4 Å². The lowest BCUT2D eigenvalue weighted by atomic mass is 9.06. The van der Waals surface area contributed by atoms with Gasteiger partial charge in [0.05, 0.1) is 0 Å². The molecule has 0 unspecified atom stereocenters. The van der Waals surface area contributed by atoms with Crippen LogP contribution in [0, 0.1) is 0 Å². The Labute approximate surface area is 161 Å². The SMILES string of the molecule is C(=Cc1ccccc1)c1ccccc1.CC.CC.CC.[B][B]B([B])C. The van der Waals surface area contributed by atoms with Gasteiger partial charge in [0.25, 0.3) is 0 Å². The highest BCUT2D eigenvalue weighted by Gasteiger charge is 1.86. The topological polar surface area (TPSA) is 0 Å². The molecule has 0 aliphatic heterocycles. The molecule has 0 spiro atoms. The van der Waals surface area contributed by atoms with Crippen molar-refractivity contribution in [2.24, 2.45) is 0 Å². The molecule has 2 aromatic carbocycles. The Morgan fingerprint density at radius 2 is 0.920 bits per heavy atom. The summed E-state index contributed by atoms with van der Waals surface area (Å²) < 4.78 is 0. The van der Waals surface area contributed by atoms with E-state index in [0.29, 0.717) is 0 Å². The summed E-state index contributed by atoms with van der Waals surface area (Å²) in [6.45, 7) is 13.9. The first-order valence-electron chi connectivity index (χ1n) is 9.31. The number of benzene rings is 2. The molecule has 2 aromatic rings. The Balaban J connectivity index is -0.000000373. The highest BCUT2D eigenvalue weighted by molar-refractivity contribution is 7.45. The van der Waals surface area contributed by atoms with Crippen molar-refractivity contribution in [3.8, 4) is 0 Å². The second-order valence-electron chi connectivity index (χ2n) is 4.21. The van der Waals surface area contributed by atoms with E-state index in [1.807, 2.05) is 84.8 Å². The lowest BCUT2D eigenvalue weighted by Gasteiger charge is -1.92. The minimum absolute atomic E-state index is 0.0370. The van der Waals surface area contributed by atoms with Crippen LogP contribution in [0.2, 0.25) is 6.82 Å². The first kappa shape index (κ1) is 28.3. The van der Waals surface area contributed by atoms with Gasteiger partial charge in [-0.2, -0.15) is 0 Å². The third-order valence-corrected chi connectivity index (χ3v) is 2.37. The molecule has 0 N–H and O–H groups in total. The van der Waals surface area contributed by atoms with E-state index in [1.54, 1.807) is 0 Å². The Kier molecular flexibility index (Phi) is 27.9. The van der Waals surface area contributed by atoms with E-state index in [1.165, 1.54) is 18.2 Å². The van der Waals surface area contributed by atoms with Crippen LogP contribution >= 0.6 is 0 Å². The fourth-order valence-electron chi connectivity index (χ4n) is 1.32. The van der Waals surface area contributed by atoms with Crippen molar-refractivity contribution < 1.29 is 0 Å². The van der Waals surface area contributed by atoms with Crippen LogP contribution < -0.4 is 0 Å². The zero-order valence-electron chi connectivity index (χ0n) is 17.2. The average Bonchev–Trinajstić information content (AvgIpc) is 2.73.